The lowest BCUT2D eigenvalue weighted by Crippen LogP contribution is -2.34. The predicted molar refractivity (Wildman–Crippen MR) is 82.5 cm³/mol. The zero-order valence-corrected chi connectivity index (χ0v) is 13.2. The summed E-state index contributed by atoms with van der Waals surface area (Å²) < 4.78 is 24.3. The van der Waals surface area contributed by atoms with Crippen LogP contribution in [0.1, 0.15) is 35.8 Å². The van der Waals surface area contributed by atoms with Gasteiger partial charge in [0.25, 0.3) is 0 Å². The molecule has 0 spiro atoms. The van der Waals surface area contributed by atoms with Gasteiger partial charge >= 0.3 is 0 Å². The van der Waals surface area contributed by atoms with Gasteiger partial charge in [-0.2, -0.15) is 0 Å². The second kappa shape index (κ2) is 7.10. The zero-order valence-electron chi connectivity index (χ0n) is 13.2. The molecule has 1 aromatic carbocycles. The number of hydrogen-bond donors (Lipinski definition) is 1. The number of rotatable bonds is 5. The highest BCUT2D eigenvalue weighted by Crippen LogP contribution is 2.32. The van der Waals surface area contributed by atoms with Crippen molar-refractivity contribution in [1.29, 1.82) is 0 Å². The normalized spacial score (nSPS) is 19.1. The van der Waals surface area contributed by atoms with E-state index in [0.717, 1.165) is 31.6 Å². The van der Waals surface area contributed by atoms with Crippen LogP contribution in [0.25, 0.3) is 0 Å². The van der Waals surface area contributed by atoms with E-state index in [0.29, 0.717) is 24.5 Å². The average molecular weight is 320 g/mol. The Labute approximate surface area is 134 Å². The summed E-state index contributed by atoms with van der Waals surface area (Å²) in [6, 6.07) is 6.73. The second-order valence-corrected chi connectivity index (χ2v) is 5.97. The number of methoxy groups -OCH3 is 1. The highest BCUT2D eigenvalue weighted by Gasteiger charge is 2.25. The van der Waals surface area contributed by atoms with Gasteiger partial charge in [-0.15, -0.1) is 0 Å². The summed E-state index contributed by atoms with van der Waals surface area (Å²) in [5.41, 5.74) is 1.45. The smallest absolute Gasteiger partial charge is 0.168 e. The quantitative estimate of drug-likeness (QED) is 0.917. The third kappa shape index (κ3) is 3.71. The van der Waals surface area contributed by atoms with Crippen molar-refractivity contribution >= 4 is 0 Å². The summed E-state index contributed by atoms with van der Waals surface area (Å²) in [5, 5.41) is 13.6. The molecule has 1 fully saturated rings. The van der Waals surface area contributed by atoms with Crippen molar-refractivity contribution in [2.24, 2.45) is 0 Å². The van der Waals surface area contributed by atoms with Gasteiger partial charge in [-0.3, -0.25) is 4.90 Å². The van der Waals surface area contributed by atoms with Gasteiger partial charge in [0.05, 0.1) is 5.69 Å². The van der Waals surface area contributed by atoms with E-state index in [2.05, 4.69) is 10.1 Å². The fourth-order valence-corrected chi connectivity index (χ4v) is 3.18. The number of phenolic OH excluding ortho intramolecular Hbond substituents is 1. The van der Waals surface area contributed by atoms with E-state index in [1.165, 1.54) is 6.07 Å². The molecule has 1 aliphatic heterocycles. The van der Waals surface area contributed by atoms with Crippen LogP contribution in [0.2, 0.25) is 0 Å². The van der Waals surface area contributed by atoms with Crippen molar-refractivity contribution in [2.75, 3.05) is 20.2 Å². The van der Waals surface area contributed by atoms with Gasteiger partial charge in [-0.1, -0.05) is 17.3 Å². The summed E-state index contributed by atoms with van der Waals surface area (Å²) in [7, 11) is 1.61. The molecule has 1 saturated heterocycles. The fraction of sp³-hybridized carbons (Fsp3) is 0.471. The Kier molecular flexibility index (Phi) is 4.93. The van der Waals surface area contributed by atoms with Gasteiger partial charge in [0.1, 0.15) is 6.61 Å². The standard InChI is InChI=1S/C17H21FN2O3/c1-22-11-14-8-13(19-23-14)10-20-7-3-4-12(9-20)15-5-2-6-16(21)17(15)18/h2,5-6,8,12,21H,3-4,7,9-11H2,1H3. The molecule has 1 atom stereocenters. The number of likely N-dealkylation sites (tertiary alicyclic amines) is 1. The maximum absolute atomic E-state index is 14.1. The van der Waals surface area contributed by atoms with Crippen LogP contribution in [0.15, 0.2) is 28.8 Å². The van der Waals surface area contributed by atoms with Crippen LogP contribution in [0.3, 0.4) is 0 Å². The van der Waals surface area contributed by atoms with E-state index in [1.807, 2.05) is 6.07 Å². The number of phenols is 1. The first-order chi connectivity index (χ1) is 11.2. The highest BCUT2D eigenvalue weighted by atomic mass is 19.1. The number of aromatic hydroxyl groups is 1. The van der Waals surface area contributed by atoms with Crippen LogP contribution in [-0.4, -0.2) is 35.4 Å². The van der Waals surface area contributed by atoms with Crippen molar-refractivity contribution in [2.45, 2.75) is 31.9 Å². The van der Waals surface area contributed by atoms with Gasteiger partial charge in [0.2, 0.25) is 0 Å². The van der Waals surface area contributed by atoms with Crippen molar-refractivity contribution in [3.8, 4) is 5.75 Å². The van der Waals surface area contributed by atoms with Gasteiger partial charge in [-0.25, -0.2) is 4.39 Å². The molecule has 0 amide bonds. The maximum atomic E-state index is 14.1. The molecular weight excluding hydrogens is 299 g/mol. The minimum atomic E-state index is -0.497. The largest absolute Gasteiger partial charge is 0.505 e. The molecule has 1 aromatic heterocycles. The van der Waals surface area contributed by atoms with E-state index in [9.17, 15) is 9.50 Å². The Morgan fingerprint density at radius 3 is 3.17 bits per heavy atom. The van der Waals surface area contributed by atoms with Gasteiger partial charge in [0, 0.05) is 26.3 Å². The van der Waals surface area contributed by atoms with Crippen molar-refractivity contribution in [1.82, 2.24) is 10.1 Å². The highest BCUT2D eigenvalue weighted by molar-refractivity contribution is 5.32. The summed E-state index contributed by atoms with van der Waals surface area (Å²) in [6.45, 7) is 2.77. The molecule has 6 heteroatoms. The fourth-order valence-electron chi connectivity index (χ4n) is 3.18. The van der Waals surface area contributed by atoms with E-state index in [4.69, 9.17) is 9.26 Å². The number of aromatic nitrogens is 1. The second-order valence-electron chi connectivity index (χ2n) is 5.97. The average Bonchev–Trinajstić information content (AvgIpc) is 2.98. The molecule has 5 nitrogen and oxygen atoms in total. The third-order valence-electron chi connectivity index (χ3n) is 4.23. The lowest BCUT2D eigenvalue weighted by molar-refractivity contribution is 0.155. The molecule has 0 radical (unpaired) electrons. The van der Waals surface area contributed by atoms with Gasteiger partial charge < -0.3 is 14.4 Å². The minimum absolute atomic E-state index is 0.0844. The van der Waals surface area contributed by atoms with Crippen LogP contribution >= 0.6 is 0 Å². The molecule has 0 saturated carbocycles. The Morgan fingerprint density at radius 2 is 2.35 bits per heavy atom. The van der Waals surface area contributed by atoms with E-state index in [-0.39, 0.29) is 11.7 Å². The first-order valence-corrected chi connectivity index (χ1v) is 7.80. The molecule has 23 heavy (non-hydrogen) atoms. The van der Waals surface area contributed by atoms with Gasteiger partial charge in [-0.05, 0) is 36.9 Å². The maximum Gasteiger partial charge on any atom is 0.168 e. The van der Waals surface area contributed by atoms with Crippen LogP contribution in [0.5, 0.6) is 5.75 Å². The Hall–Kier alpha value is -1.92. The lowest BCUT2D eigenvalue weighted by atomic mass is 9.90. The monoisotopic (exact) mass is 320 g/mol. The van der Waals surface area contributed by atoms with Crippen molar-refractivity contribution in [3.05, 3.63) is 47.1 Å². The topological polar surface area (TPSA) is 58.7 Å². The Morgan fingerprint density at radius 1 is 1.48 bits per heavy atom. The molecule has 1 N–H and O–H groups in total. The zero-order chi connectivity index (χ0) is 16.2. The van der Waals surface area contributed by atoms with Gasteiger partial charge in [0.15, 0.2) is 17.3 Å². The van der Waals surface area contributed by atoms with Crippen LogP contribution in [0.4, 0.5) is 4.39 Å². The molecule has 2 heterocycles. The van der Waals surface area contributed by atoms with Crippen LogP contribution in [0, 0.1) is 5.82 Å². The number of piperidine rings is 1. The Bertz CT molecular complexity index is 659. The van der Waals surface area contributed by atoms with Crippen molar-refractivity contribution < 1.29 is 18.8 Å². The summed E-state index contributed by atoms with van der Waals surface area (Å²) in [5.74, 6) is 0.0137. The molecule has 0 bridgehead atoms. The molecule has 124 valence electrons. The summed E-state index contributed by atoms with van der Waals surface area (Å²) in [4.78, 5) is 2.24. The number of halogens is 1. The molecule has 3 rings (SSSR count). The summed E-state index contributed by atoms with van der Waals surface area (Å²) in [6.07, 6.45) is 1.91. The third-order valence-corrected chi connectivity index (χ3v) is 4.23. The molecular formula is C17H21FN2O3. The summed E-state index contributed by atoms with van der Waals surface area (Å²) >= 11 is 0. The van der Waals surface area contributed by atoms with Crippen LogP contribution in [-0.2, 0) is 17.9 Å². The number of ether oxygens (including phenoxy) is 1. The van der Waals surface area contributed by atoms with Crippen LogP contribution < -0.4 is 0 Å². The van der Waals surface area contributed by atoms with Crippen molar-refractivity contribution in [3.63, 3.8) is 0 Å². The SMILES string of the molecule is COCc1cc(CN2CCCC(c3cccc(O)c3F)C2)no1. The first kappa shape index (κ1) is 16.0. The van der Waals surface area contributed by atoms with E-state index in [1.54, 1.807) is 19.2 Å². The minimum Gasteiger partial charge on any atom is -0.505 e. The molecule has 2 aromatic rings. The number of benzene rings is 1. The molecule has 1 aliphatic rings. The number of hydrogen-bond acceptors (Lipinski definition) is 5. The van der Waals surface area contributed by atoms with E-state index < -0.39 is 5.82 Å². The molecule has 1 unspecified atom stereocenters. The number of nitrogens with zero attached hydrogens (tertiary/aromatic N) is 2. The Balaban J connectivity index is 1.67. The lowest BCUT2D eigenvalue weighted by Gasteiger charge is -2.32. The molecule has 0 aliphatic carbocycles. The van der Waals surface area contributed by atoms with E-state index >= 15 is 0 Å². The predicted octanol–water partition coefficient (Wildman–Crippen LogP) is 3.05. The first-order valence-electron chi connectivity index (χ1n) is 7.80.